The molecule has 128 valence electrons. The molecule has 3 rings (SSSR count). The smallest absolute Gasteiger partial charge is 0.282 e. The maximum absolute atomic E-state index is 13.1. The first-order valence-electron chi connectivity index (χ1n) is 8.07. The zero-order valence-electron chi connectivity index (χ0n) is 13.5. The average Bonchev–Trinajstić information content (AvgIpc) is 2.64. The van der Waals surface area contributed by atoms with E-state index < -0.39 is 10.2 Å². The van der Waals surface area contributed by atoms with Crippen molar-refractivity contribution in [1.29, 1.82) is 0 Å². The zero-order chi connectivity index (χ0) is 16.8. The van der Waals surface area contributed by atoms with E-state index in [4.69, 9.17) is 4.74 Å². The quantitative estimate of drug-likeness (QED) is 0.806. The van der Waals surface area contributed by atoms with Gasteiger partial charge in [-0.1, -0.05) is 60.7 Å². The molecule has 0 amide bonds. The molecule has 0 radical (unpaired) electrons. The molecule has 1 heterocycles. The van der Waals surface area contributed by atoms with Crippen LogP contribution in [0.5, 0.6) is 0 Å². The maximum Gasteiger partial charge on any atom is 0.282 e. The van der Waals surface area contributed by atoms with Crippen LogP contribution in [-0.2, 0) is 28.0 Å². The van der Waals surface area contributed by atoms with Crippen molar-refractivity contribution in [2.45, 2.75) is 13.1 Å². The Morgan fingerprint density at radius 2 is 1.29 bits per heavy atom. The van der Waals surface area contributed by atoms with E-state index in [1.807, 2.05) is 60.7 Å². The lowest BCUT2D eigenvalue weighted by Crippen LogP contribution is -2.48. The summed E-state index contributed by atoms with van der Waals surface area (Å²) in [6, 6.07) is 19.4. The summed E-state index contributed by atoms with van der Waals surface area (Å²) in [6.07, 6.45) is 0. The molecular weight excluding hydrogens is 324 g/mol. The number of nitrogens with zero attached hydrogens (tertiary/aromatic N) is 2. The van der Waals surface area contributed by atoms with E-state index in [0.717, 1.165) is 11.1 Å². The third-order valence-electron chi connectivity index (χ3n) is 4.03. The largest absolute Gasteiger partial charge is 0.379 e. The molecule has 0 unspecified atom stereocenters. The Hall–Kier alpha value is -1.73. The monoisotopic (exact) mass is 346 g/mol. The van der Waals surface area contributed by atoms with Crippen molar-refractivity contribution in [1.82, 2.24) is 8.61 Å². The van der Waals surface area contributed by atoms with Crippen LogP contribution in [0, 0.1) is 0 Å². The Morgan fingerprint density at radius 3 is 1.75 bits per heavy atom. The molecule has 0 aromatic heterocycles. The molecular formula is C18H22N2O3S. The highest BCUT2D eigenvalue weighted by atomic mass is 32.2. The van der Waals surface area contributed by atoms with Gasteiger partial charge in [0.2, 0.25) is 0 Å². The minimum absolute atomic E-state index is 0.357. The fourth-order valence-electron chi connectivity index (χ4n) is 2.73. The van der Waals surface area contributed by atoms with Crippen molar-refractivity contribution in [2.24, 2.45) is 0 Å². The summed E-state index contributed by atoms with van der Waals surface area (Å²) in [7, 11) is -3.53. The van der Waals surface area contributed by atoms with Crippen LogP contribution in [0.1, 0.15) is 11.1 Å². The van der Waals surface area contributed by atoms with Crippen molar-refractivity contribution in [2.75, 3.05) is 26.3 Å². The fourth-order valence-corrected chi connectivity index (χ4v) is 4.30. The standard InChI is InChI=1S/C18H22N2O3S/c21-24(22,19-11-13-23-14-12-19)20(15-17-7-3-1-4-8-17)16-18-9-5-2-6-10-18/h1-10H,11-16H2. The van der Waals surface area contributed by atoms with Crippen molar-refractivity contribution in [3.05, 3.63) is 71.8 Å². The van der Waals surface area contributed by atoms with Crippen LogP contribution >= 0.6 is 0 Å². The minimum atomic E-state index is -3.53. The molecule has 24 heavy (non-hydrogen) atoms. The molecule has 0 N–H and O–H groups in total. The lowest BCUT2D eigenvalue weighted by atomic mass is 10.2. The number of hydrogen-bond donors (Lipinski definition) is 0. The summed E-state index contributed by atoms with van der Waals surface area (Å²) < 4.78 is 34.5. The van der Waals surface area contributed by atoms with Crippen LogP contribution in [-0.4, -0.2) is 43.3 Å². The summed E-state index contributed by atoms with van der Waals surface area (Å²) in [5.74, 6) is 0. The minimum Gasteiger partial charge on any atom is -0.379 e. The molecule has 0 atom stereocenters. The molecule has 0 bridgehead atoms. The van der Waals surface area contributed by atoms with E-state index in [1.165, 1.54) is 4.31 Å². The fraction of sp³-hybridized carbons (Fsp3) is 0.333. The Bertz CT molecular complexity index is 688. The molecule has 0 saturated carbocycles. The summed E-state index contributed by atoms with van der Waals surface area (Å²) in [5, 5.41) is 0. The molecule has 5 nitrogen and oxygen atoms in total. The summed E-state index contributed by atoms with van der Waals surface area (Å²) in [6.45, 7) is 2.42. The lowest BCUT2D eigenvalue weighted by molar-refractivity contribution is 0.0698. The molecule has 2 aromatic carbocycles. The van der Waals surface area contributed by atoms with E-state index in [-0.39, 0.29) is 0 Å². The number of benzene rings is 2. The van der Waals surface area contributed by atoms with Crippen molar-refractivity contribution >= 4 is 10.2 Å². The van der Waals surface area contributed by atoms with Crippen molar-refractivity contribution < 1.29 is 13.2 Å². The third-order valence-corrected chi connectivity index (χ3v) is 5.95. The molecule has 2 aromatic rings. The highest BCUT2D eigenvalue weighted by molar-refractivity contribution is 7.86. The first-order valence-corrected chi connectivity index (χ1v) is 9.47. The van der Waals surface area contributed by atoms with Crippen molar-refractivity contribution in [3.8, 4) is 0 Å². The highest BCUT2D eigenvalue weighted by Crippen LogP contribution is 2.18. The van der Waals surface area contributed by atoms with E-state index in [9.17, 15) is 8.42 Å². The number of ether oxygens (including phenoxy) is 1. The SMILES string of the molecule is O=S(=O)(N1CCOCC1)N(Cc1ccccc1)Cc1ccccc1. The molecule has 1 aliphatic heterocycles. The van der Waals surface area contributed by atoms with Gasteiger partial charge in [-0.3, -0.25) is 0 Å². The third kappa shape index (κ3) is 4.21. The molecule has 6 heteroatoms. The molecule has 0 aliphatic carbocycles. The normalized spacial score (nSPS) is 16.4. The van der Waals surface area contributed by atoms with Crippen LogP contribution in [0.15, 0.2) is 60.7 Å². The topological polar surface area (TPSA) is 49.9 Å². The van der Waals surface area contributed by atoms with Crippen LogP contribution in [0.2, 0.25) is 0 Å². The van der Waals surface area contributed by atoms with Gasteiger partial charge in [-0.05, 0) is 11.1 Å². The summed E-state index contributed by atoms with van der Waals surface area (Å²) in [5.41, 5.74) is 1.95. The van der Waals surface area contributed by atoms with Crippen LogP contribution < -0.4 is 0 Å². The van der Waals surface area contributed by atoms with Gasteiger partial charge in [0, 0.05) is 26.2 Å². The summed E-state index contributed by atoms with van der Waals surface area (Å²) >= 11 is 0. The second-order valence-corrected chi connectivity index (χ2v) is 7.69. The zero-order valence-corrected chi connectivity index (χ0v) is 14.4. The maximum atomic E-state index is 13.1. The molecule has 1 fully saturated rings. The second kappa shape index (κ2) is 7.90. The average molecular weight is 346 g/mol. The Labute approximate surface area is 143 Å². The predicted molar refractivity (Wildman–Crippen MR) is 93.4 cm³/mol. The number of morpholine rings is 1. The van der Waals surface area contributed by atoms with Gasteiger partial charge in [-0.25, -0.2) is 0 Å². The van der Waals surface area contributed by atoms with Gasteiger partial charge in [-0.2, -0.15) is 17.0 Å². The van der Waals surface area contributed by atoms with Gasteiger partial charge in [0.05, 0.1) is 13.2 Å². The molecule has 1 aliphatic rings. The van der Waals surface area contributed by atoms with E-state index in [2.05, 4.69) is 0 Å². The van der Waals surface area contributed by atoms with Gasteiger partial charge in [0.15, 0.2) is 0 Å². The van der Waals surface area contributed by atoms with E-state index >= 15 is 0 Å². The Kier molecular flexibility index (Phi) is 5.63. The number of rotatable bonds is 6. The van der Waals surface area contributed by atoms with Crippen LogP contribution in [0.4, 0.5) is 0 Å². The van der Waals surface area contributed by atoms with Crippen LogP contribution in [0.3, 0.4) is 0 Å². The molecule has 1 saturated heterocycles. The molecule has 0 spiro atoms. The van der Waals surface area contributed by atoms with Gasteiger partial charge < -0.3 is 4.74 Å². The van der Waals surface area contributed by atoms with E-state index in [0.29, 0.717) is 39.4 Å². The lowest BCUT2D eigenvalue weighted by Gasteiger charge is -2.32. The van der Waals surface area contributed by atoms with Crippen molar-refractivity contribution in [3.63, 3.8) is 0 Å². The van der Waals surface area contributed by atoms with Gasteiger partial charge in [-0.15, -0.1) is 0 Å². The summed E-state index contributed by atoms with van der Waals surface area (Å²) in [4.78, 5) is 0. The Balaban J connectivity index is 1.85. The first kappa shape index (κ1) is 17.1. The second-order valence-electron chi connectivity index (χ2n) is 5.76. The number of hydrogen-bond acceptors (Lipinski definition) is 3. The van der Waals surface area contributed by atoms with Gasteiger partial charge in [0.25, 0.3) is 10.2 Å². The Morgan fingerprint density at radius 1 is 0.833 bits per heavy atom. The van der Waals surface area contributed by atoms with Crippen LogP contribution in [0.25, 0.3) is 0 Å². The first-order chi connectivity index (χ1) is 11.7. The van der Waals surface area contributed by atoms with E-state index in [1.54, 1.807) is 4.31 Å². The predicted octanol–water partition coefficient (Wildman–Crippen LogP) is 2.27. The van der Waals surface area contributed by atoms with Gasteiger partial charge in [0.1, 0.15) is 0 Å². The highest BCUT2D eigenvalue weighted by Gasteiger charge is 2.31. The van der Waals surface area contributed by atoms with Gasteiger partial charge >= 0.3 is 0 Å².